The van der Waals surface area contributed by atoms with Crippen molar-refractivity contribution in [3.05, 3.63) is 16.4 Å². The first-order valence-corrected chi connectivity index (χ1v) is 5.69. The highest BCUT2D eigenvalue weighted by molar-refractivity contribution is 5.67. The summed E-state index contributed by atoms with van der Waals surface area (Å²) < 4.78 is 0. The van der Waals surface area contributed by atoms with Crippen LogP contribution in [0.2, 0.25) is 0 Å². The molecule has 0 bridgehead atoms. The van der Waals surface area contributed by atoms with E-state index in [2.05, 4.69) is 15.3 Å². The highest BCUT2D eigenvalue weighted by atomic mass is 16.6. The molecule has 1 aromatic heterocycles. The largest absolute Gasteiger partial charge is 0.396 e. The molecule has 0 radical (unpaired) electrons. The number of anilines is 2. The average molecular weight is 255 g/mol. The van der Waals surface area contributed by atoms with Crippen molar-refractivity contribution in [3.63, 3.8) is 0 Å². The predicted molar refractivity (Wildman–Crippen MR) is 67.1 cm³/mol. The molecule has 100 valence electrons. The van der Waals surface area contributed by atoms with Crippen LogP contribution in [0.3, 0.4) is 0 Å². The third-order valence-corrected chi connectivity index (χ3v) is 2.71. The minimum Gasteiger partial charge on any atom is -0.396 e. The molecule has 8 heteroatoms. The van der Waals surface area contributed by atoms with Gasteiger partial charge in [-0.3, -0.25) is 10.1 Å². The van der Waals surface area contributed by atoms with Crippen molar-refractivity contribution in [2.45, 2.75) is 19.8 Å². The molecular formula is C10H17N5O3. The Kier molecular flexibility index (Phi) is 5.25. The molecule has 0 spiro atoms. The van der Waals surface area contributed by atoms with Gasteiger partial charge in [-0.2, -0.15) is 0 Å². The molecular weight excluding hydrogens is 238 g/mol. The Hall–Kier alpha value is -1.96. The van der Waals surface area contributed by atoms with Crippen LogP contribution in [0, 0.1) is 16.0 Å². The Morgan fingerprint density at radius 1 is 1.61 bits per heavy atom. The van der Waals surface area contributed by atoms with Gasteiger partial charge in [0.25, 0.3) is 0 Å². The summed E-state index contributed by atoms with van der Waals surface area (Å²) in [4.78, 5) is 17.7. The van der Waals surface area contributed by atoms with Crippen LogP contribution in [0.15, 0.2) is 6.33 Å². The van der Waals surface area contributed by atoms with Crippen molar-refractivity contribution in [1.29, 1.82) is 0 Å². The van der Waals surface area contributed by atoms with Gasteiger partial charge in [-0.25, -0.2) is 9.97 Å². The zero-order chi connectivity index (χ0) is 13.5. The lowest BCUT2D eigenvalue weighted by Gasteiger charge is -2.14. The lowest BCUT2D eigenvalue weighted by Crippen LogP contribution is -2.17. The number of nitrogens with zero attached hydrogens (tertiary/aromatic N) is 3. The molecule has 1 rings (SSSR count). The van der Waals surface area contributed by atoms with Crippen molar-refractivity contribution in [2.75, 3.05) is 24.2 Å². The first-order chi connectivity index (χ1) is 8.60. The molecule has 1 aromatic rings. The summed E-state index contributed by atoms with van der Waals surface area (Å²) in [5.74, 6) is 0.183. The molecule has 0 saturated heterocycles. The van der Waals surface area contributed by atoms with E-state index < -0.39 is 4.92 Å². The van der Waals surface area contributed by atoms with Crippen molar-refractivity contribution in [3.8, 4) is 0 Å². The summed E-state index contributed by atoms with van der Waals surface area (Å²) in [6, 6.07) is 0. The van der Waals surface area contributed by atoms with E-state index in [4.69, 9.17) is 10.8 Å². The minimum absolute atomic E-state index is 0.0915. The number of hydrogen-bond donors (Lipinski definition) is 3. The highest BCUT2D eigenvalue weighted by Crippen LogP contribution is 2.26. The summed E-state index contributed by atoms with van der Waals surface area (Å²) in [6.45, 7) is 2.58. The normalized spacial score (nSPS) is 12.1. The van der Waals surface area contributed by atoms with Gasteiger partial charge in [0.1, 0.15) is 6.33 Å². The fourth-order valence-electron chi connectivity index (χ4n) is 1.58. The Morgan fingerprint density at radius 3 is 2.89 bits per heavy atom. The Balaban J connectivity index is 2.78. The van der Waals surface area contributed by atoms with Crippen LogP contribution in [0.5, 0.6) is 0 Å². The molecule has 0 aromatic carbocycles. The van der Waals surface area contributed by atoms with Crippen LogP contribution in [0.4, 0.5) is 17.3 Å². The van der Waals surface area contributed by atoms with Gasteiger partial charge in [0.15, 0.2) is 0 Å². The van der Waals surface area contributed by atoms with Crippen molar-refractivity contribution in [2.24, 2.45) is 5.92 Å². The number of aromatic nitrogens is 2. The quantitative estimate of drug-likeness (QED) is 0.485. The summed E-state index contributed by atoms with van der Waals surface area (Å²) in [7, 11) is 0. The lowest BCUT2D eigenvalue weighted by molar-refractivity contribution is -0.383. The van der Waals surface area contributed by atoms with Gasteiger partial charge in [0.2, 0.25) is 11.6 Å². The topological polar surface area (TPSA) is 127 Å². The van der Waals surface area contributed by atoms with Gasteiger partial charge in [-0.05, 0) is 12.3 Å². The molecule has 0 aliphatic heterocycles. The Labute approximate surface area is 104 Å². The molecule has 1 atom stereocenters. The molecule has 1 heterocycles. The monoisotopic (exact) mass is 255 g/mol. The summed E-state index contributed by atoms with van der Waals surface area (Å²) in [5, 5.41) is 22.6. The van der Waals surface area contributed by atoms with E-state index >= 15 is 0 Å². The molecule has 0 aliphatic rings. The maximum absolute atomic E-state index is 10.8. The predicted octanol–water partition coefficient (Wildman–Crippen LogP) is 0.788. The number of nitrogens with two attached hydrogens (primary N) is 1. The average Bonchev–Trinajstić information content (AvgIpc) is 2.33. The zero-order valence-electron chi connectivity index (χ0n) is 10.2. The number of aliphatic hydroxyl groups is 1. The van der Waals surface area contributed by atoms with Crippen LogP contribution in [0.1, 0.15) is 19.8 Å². The van der Waals surface area contributed by atoms with Gasteiger partial charge in [-0.15, -0.1) is 0 Å². The van der Waals surface area contributed by atoms with Crippen LogP contribution in [0.25, 0.3) is 0 Å². The molecule has 1 unspecified atom stereocenters. The fraction of sp³-hybridized carbons (Fsp3) is 0.600. The van der Waals surface area contributed by atoms with Gasteiger partial charge >= 0.3 is 5.69 Å². The van der Waals surface area contributed by atoms with E-state index in [1.807, 2.05) is 6.92 Å². The van der Waals surface area contributed by atoms with E-state index in [0.717, 1.165) is 6.42 Å². The van der Waals surface area contributed by atoms with Crippen LogP contribution in [-0.2, 0) is 0 Å². The number of hydrogen-bond acceptors (Lipinski definition) is 7. The molecule has 0 amide bonds. The third kappa shape index (κ3) is 3.52. The lowest BCUT2D eigenvalue weighted by atomic mass is 10.0. The smallest absolute Gasteiger partial charge is 0.352 e. The van der Waals surface area contributed by atoms with Crippen LogP contribution < -0.4 is 11.1 Å². The first-order valence-electron chi connectivity index (χ1n) is 5.69. The number of aliphatic hydroxyl groups excluding tert-OH is 1. The van der Waals surface area contributed by atoms with Crippen molar-refractivity contribution < 1.29 is 10.0 Å². The number of nitro groups is 1. The van der Waals surface area contributed by atoms with E-state index in [1.165, 1.54) is 6.33 Å². The Morgan fingerprint density at radius 2 is 2.33 bits per heavy atom. The zero-order valence-corrected chi connectivity index (χ0v) is 10.2. The van der Waals surface area contributed by atoms with Crippen molar-refractivity contribution >= 4 is 17.3 Å². The van der Waals surface area contributed by atoms with Crippen molar-refractivity contribution in [1.82, 2.24) is 9.97 Å². The molecule has 4 N–H and O–H groups in total. The van der Waals surface area contributed by atoms with Gasteiger partial charge in [-0.1, -0.05) is 13.3 Å². The summed E-state index contributed by atoms with van der Waals surface area (Å²) in [6.07, 6.45) is 2.68. The van der Waals surface area contributed by atoms with Gasteiger partial charge in [0.05, 0.1) is 4.92 Å². The standard InChI is InChI=1S/C10H17N5O3/c1-2-7(3-4-16)5-12-10-8(15(17)18)9(11)13-6-14-10/h6-7,16H,2-5H2,1H3,(H3,11,12,13,14). The van der Waals surface area contributed by atoms with Gasteiger partial charge < -0.3 is 16.2 Å². The second-order valence-corrected chi connectivity index (χ2v) is 3.88. The maximum atomic E-state index is 10.8. The van der Waals surface area contributed by atoms with Crippen LogP contribution in [-0.4, -0.2) is 33.1 Å². The van der Waals surface area contributed by atoms with Gasteiger partial charge in [0, 0.05) is 13.2 Å². The second kappa shape index (κ2) is 6.70. The molecule has 0 fully saturated rings. The van der Waals surface area contributed by atoms with E-state index in [9.17, 15) is 10.1 Å². The maximum Gasteiger partial charge on any atom is 0.352 e. The SMILES string of the molecule is CCC(CCO)CNc1ncnc(N)c1[N+](=O)[O-]. The summed E-state index contributed by atoms with van der Waals surface area (Å²) in [5.41, 5.74) is 5.14. The third-order valence-electron chi connectivity index (χ3n) is 2.71. The van der Waals surface area contributed by atoms with E-state index in [-0.39, 0.29) is 29.8 Å². The van der Waals surface area contributed by atoms with E-state index in [0.29, 0.717) is 13.0 Å². The second-order valence-electron chi connectivity index (χ2n) is 3.88. The molecule has 18 heavy (non-hydrogen) atoms. The summed E-state index contributed by atoms with van der Waals surface area (Å²) >= 11 is 0. The molecule has 0 aliphatic carbocycles. The fourth-order valence-corrected chi connectivity index (χ4v) is 1.58. The first kappa shape index (κ1) is 14.1. The minimum atomic E-state index is -0.606. The number of nitrogen functional groups attached to an aromatic ring is 1. The highest BCUT2D eigenvalue weighted by Gasteiger charge is 2.21. The van der Waals surface area contributed by atoms with E-state index in [1.54, 1.807) is 0 Å². The van der Waals surface area contributed by atoms with Crippen LogP contribution >= 0.6 is 0 Å². The molecule has 0 saturated carbocycles. The molecule has 8 nitrogen and oxygen atoms in total. The Bertz CT molecular complexity index is 412. The number of nitrogens with one attached hydrogen (secondary N) is 1. The number of rotatable bonds is 7.